The minimum absolute atomic E-state index is 0.100. The molecular weight excluding hydrogens is 202 g/mol. The highest BCUT2D eigenvalue weighted by atomic mass is 16.2. The van der Waals surface area contributed by atoms with Crippen molar-refractivity contribution in [1.82, 2.24) is 15.1 Å². The normalized spacial score (nSPS) is 15.6. The standard InChI is InChI=1S/C10H21N3O.C2H6/c1-3-12(4-2)8-9-13-7-5-6-11-10(13)14;1-2/h3-9H2,1-2H3,(H,11,14);1-2H3. The number of likely N-dealkylation sites (N-methyl/N-ethyl adjacent to an activating group) is 1. The number of carbonyl (C=O) groups is 1. The molecule has 0 unspecified atom stereocenters. The van der Waals surface area contributed by atoms with Crippen LogP contribution in [0.3, 0.4) is 0 Å². The summed E-state index contributed by atoms with van der Waals surface area (Å²) in [6, 6.07) is 0.100. The Labute approximate surface area is 100.0 Å². The summed E-state index contributed by atoms with van der Waals surface area (Å²) >= 11 is 0. The van der Waals surface area contributed by atoms with E-state index >= 15 is 0 Å². The number of hydrogen-bond donors (Lipinski definition) is 1. The molecule has 2 amide bonds. The number of hydrogen-bond acceptors (Lipinski definition) is 2. The summed E-state index contributed by atoms with van der Waals surface area (Å²) in [5.74, 6) is 0. The Bertz CT molecular complexity index is 181. The zero-order valence-electron chi connectivity index (χ0n) is 11.3. The van der Waals surface area contributed by atoms with E-state index in [0.29, 0.717) is 0 Å². The molecule has 0 atom stereocenters. The number of nitrogens with one attached hydrogen (secondary N) is 1. The summed E-state index contributed by atoms with van der Waals surface area (Å²) in [6.07, 6.45) is 1.07. The van der Waals surface area contributed by atoms with Crippen molar-refractivity contribution in [2.45, 2.75) is 34.1 Å². The smallest absolute Gasteiger partial charge is 0.317 e. The van der Waals surface area contributed by atoms with Crippen LogP contribution in [0.5, 0.6) is 0 Å². The van der Waals surface area contributed by atoms with Gasteiger partial charge in [0.05, 0.1) is 0 Å². The summed E-state index contributed by atoms with van der Waals surface area (Å²) in [7, 11) is 0. The van der Waals surface area contributed by atoms with Gasteiger partial charge in [-0.3, -0.25) is 0 Å². The van der Waals surface area contributed by atoms with E-state index in [1.54, 1.807) is 0 Å². The molecule has 0 spiro atoms. The van der Waals surface area contributed by atoms with Crippen LogP contribution in [0.2, 0.25) is 0 Å². The molecule has 1 heterocycles. The van der Waals surface area contributed by atoms with Crippen LogP contribution in [0.15, 0.2) is 0 Å². The Kier molecular flexibility index (Phi) is 9.00. The molecular formula is C12H27N3O. The van der Waals surface area contributed by atoms with Crippen molar-refractivity contribution in [2.75, 3.05) is 39.3 Å². The van der Waals surface area contributed by atoms with E-state index in [1.807, 2.05) is 18.7 Å². The number of rotatable bonds is 5. The summed E-state index contributed by atoms with van der Waals surface area (Å²) < 4.78 is 0. The van der Waals surface area contributed by atoms with E-state index in [2.05, 4.69) is 24.1 Å². The molecule has 0 saturated carbocycles. The third-order valence-electron chi connectivity index (χ3n) is 2.75. The number of carbonyl (C=O) groups excluding carboxylic acids is 1. The van der Waals surface area contributed by atoms with E-state index in [1.165, 1.54) is 0 Å². The van der Waals surface area contributed by atoms with Crippen LogP contribution in [0, 0.1) is 0 Å². The van der Waals surface area contributed by atoms with E-state index < -0.39 is 0 Å². The Balaban J connectivity index is 0.00000106. The monoisotopic (exact) mass is 229 g/mol. The van der Waals surface area contributed by atoms with Gasteiger partial charge in [-0.15, -0.1) is 0 Å². The molecule has 0 aromatic rings. The van der Waals surface area contributed by atoms with Crippen molar-refractivity contribution in [3.63, 3.8) is 0 Å². The maximum Gasteiger partial charge on any atom is 0.317 e. The van der Waals surface area contributed by atoms with Gasteiger partial charge >= 0.3 is 6.03 Å². The van der Waals surface area contributed by atoms with Gasteiger partial charge in [-0.1, -0.05) is 27.7 Å². The van der Waals surface area contributed by atoms with Crippen LogP contribution >= 0.6 is 0 Å². The van der Waals surface area contributed by atoms with Crippen LogP contribution in [-0.4, -0.2) is 55.1 Å². The summed E-state index contributed by atoms with van der Waals surface area (Å²) in [5, 5.41) is 2.86. The van der Waals surface area contributed by atoms with E-state index in [4.69, 9.17) is 0 Å². The minimum Gasteiger partial charge on any atom is -0.338 e. The van der Waals surface area contributed by atoms with E-state index in [9.17, 15) is 4.79 Å². The topological polar surface area (TPSA) is 35.6 Å². The number of nitrogens with zero attached hydrogens (tertiary/aromatic N) is 2. The molecule has 96 valence electrons. The molecule has 0 aliphatic carbocycles. The summed E-state index contributed by atoms with van der Waals surface area (Å²) in [4.78, 5) is 15.6. The van der Waals surface area contributed by atoms with Crippen molar-refractivity contribution in [2.24, 2.45) is 0 Å². The van der Waals surface area contributed by atoms with Gasteiger partial charge in [0.15, 0.2) is 0 Å². The zero-order valence-corrected chi connectivity index (χ0v) is 11.3. The lowest BCUT2D eigenvalue weighted by molar-refractivity contribution is 0.174. The third-order valence-corrected chi connectivity index (χ3v) is 2.75. The second kappa shape index (κ2) is 9.46. The minimum atomic E-state index is 0.100. The third kappa shape index (κ3) is 5.35. The van der Waals surface area contributed by atoms with Crippen molar-refractivity contribution in [1.29, 1.82) is 0 Å². The van der Waals surface area contributed by atoms with Gasteiger partial charge in [-0.25, -0.2) is 4.79 Å². The first-order valence-electron chi connectivity index (χ1n) is 6.53. The van der Waals surface area contributed by atoms with Crippen LogP contribution < -0.4 is 5.32 Å². The molecule has 1 saturated heterocycles. The van der Waals surface area contributed by atoms with Crippen LogP contribution in [0.1, 0.15) is 34.1 Å². The highest BCUT2D eigenvalue weighted by Crippen LogP contribution is 1.99. The average Bonchev–Trinajstić information content (AvgIpc) is 2.35. The van der Waals surface area contributed by atoms with E-state index in [0.717, 1.165) is 45.7 Å². The summed E-state index contributed by atoms with van der Waals surface area (Å²) in [5.41, 5.74) is 0. The lowest BCUT2D eigenvalue weighted by Gasteiger charge is -2.29. The predicted octanol–water partition coefficient (Wildman–Crippen LogP) is 1.77. The largest absolute Gasteiger partial charge is 0.338 e. The molecule has 0 aromatic carbocycles. The molecule has 4 heteroatoms. The van der Waals surface area contributed by atoms with Gasteiger partial charge in [0.2, 0.25) is 0 Å². The fourth-order valence-electron chi connectivity index (χ4n) is 1.69. The van der Waals surface area contributed by atoms with Gasteiger partial charge < -0.3 is 15.1 Å². The van der Waals surface area contributed by atoms with Crippen molar-refractivity contribution >= 4 is 6.03 Å². The van der Waals surface area contributed by atoms with Gasteiger partial charge in [-0.2, -0.15) is 0 Å². The Morgan fingerprint density at radius 2 is 1.94 bits per heavy atom. The van der Waals surface area contributed by atoms with Crippen molar-refractivity contribution in [3.05, 3.63) is 0 Å². The first-order chi connectivity index (χ1) is 7.77. The number of urea groups is 1. The van der Waals surface area contributed by atoms with Crippen LogP contribution in [0.25, 0.3) is 0 Å². The fraction of sp³-hybridized carbons (Fsp3) is 0.917. The molecule has 16 heavy (non-hydrogen) atoms. The molecule has 0 radical (unpaired) electrons. The highest BCUT2D eigenvalue weighted by Gasteiger charge is 2.17. The maximum atomic E-state index is 11.4. The van der Waals surface area contributed by atoms with Crippen LogP contribution in [-0.2, 0) is 0 Å². The molecule has 0 aromatic heterocycles. The molecule has 1 aliphatic heterocycles. The van der Waals surface area contributed by atoms with Gasteiger partial charge in [0.1, 0.15) is 0 Å². The maximum absolute atomic E-state index is 11.4. The first kappa shape index (κ1) is 15.2. The molecule has 4 nitrogen and oxygen atoms in total. The number of amides is 2. The average molecular weight is 229 g/mol. The molecule has 1 fully saturated rings. The molecule has 1 aliphatic rings. The molecule has 0 bridgehead atoms. The SMILES string of the molecule is CC.CCN(CC)CCN1CCCNC1=O. The van der Waals surface area contributed by atoms with Gasteiger partial charge in [0, 0.05) is 26.2 Å². The van der Waals surface area contributed by atoms with E-state index in [-0.39, 0.29) is 6.03 Å². The molecule has 1 N–H and O–H groups in total. The molecule has 1 rings (SSSR count). The lowest BCUT2D eigenvalue weighted by atomic mass is 10.3. The van der Waals surface area contributed by atoms with Crippen molar-refractivity contribution in [3.8, 4) is 0 Å². The second-order valence-electron chi connectivity index (χ2n) is 3.60. The Morgan fingerprint density at radius 1 is 1.31 bits per heavy atom. The quantitative estimate of drug-likeness (QED) is 0.780. The predicted molar refractivity (Wildman–Crippen MR) is 68.7 cm³/mol. The van der Waals surface area contributed by atoms with Gasteiger partial charge in [-0.05, 0) is 19.5 Å². The Morgan fingerprint density at radius 3 is 2.44 bits per heavy atom. The first-order valence-corrected chi connectivity index (χ1v) is 6.53. The highest BCUT2D eigenvalue weighted by molar-refractivity contribution is 5.74. The lowest BCUT2D eigenvalue weighted by Crippen LogP contribution is -2.48. The fourth-order valence-corrected chi connectivity index (χ4v) is 1.69. The Hall–Kier alpha value is -0.770. The van der Waals surface area contributed by atoms with Crippen LogP contribution in [0.4, 0.5) is 4.79 Å². The second-order valence-corrected chi connectivity index (χ2v) is 3.60. The summed E-state index contributed by atoms with van der Waals surface area (Å²) in [6.45, 7) is 14.0. The van der Waals surface area contributed by atoms with Crippen molar-refractivity contribution < 1.29 is 4.79 Å². The zero-order chi connectivity index (χ0) is 12.4. The van der Waals surface area contributed by atoms with Gasteiger partial charge in [0.25, 0.3) is 0 Å².